The van der Waals surface area contributed by atoms with Crippen LogP contribution in [0.15, 0.2) is 12.2 Å². The Bertz CT molecular complexity index is 259. The van der Waals surface area contributed by atoms with Crippen molar-refractivity contribution in [3.63, 3.8) is 0 Å². The summed E-state index contributed by atoms with van der Waals surface area (Å²) in [5, 5.41) is 28.2. The zero-order valence-electron chi connectivity index (χ0n) is 14.3. The predicted molar refractivity (Wildman–Crippen MR) is 92.7 cm³/mol. The van der Waals surface area contributed by atoms with Crippen LogP contribution in [-0.4, -0.2) is 40.2 Å². The van der Waals surface area contributed by atoms with E-state index in [1.54, 1.807) is 0 Å². The topological polar surface area (TPSA) is 86.7 Å². The summed E-state index contributed by atoms with van der Waals surface area (Å²) in [4.78, 5) is 0. The van der Waals surface area contributed by atoms with E-state index in [0.29, 0.717) is 6.42 Å². The largest absolute Gasteiger partial charge is 0.395 e. The van der Waals surface area contributed by atoms with Gasteiger partial charge < -0.3 is 21.1 Å². The van der Waals surface area contributed by atoms with Crippen LogP contribution in [0, 0.1) is 0 Å². The van der Waals surface area contributed by atoms with Gasteiger partial charge in [0.2, 0.25) is 0 Å². The summed E-state index contributed by atoms with van der Waals surface area (Å²) in [6, 6.07) is -0.757. The number of unbranched alkanes of at least 4 members (excludes halogenated alkanes) is 8. The van der Waals surface area contributed by atoms with Gasteiger partial charge in [0.15, 0.2) is 0 Å². The van der Waals surface area contributed by atoms with E-state index in [4.69, 9.17) is 10.8 Å². The molecule has 0 aliphatic heterocycles. The Kier molecular flexibility index (Phi) is 15.2. The van der Waals surface area contributed by atoms with Crippen LogP contribution >= 0.6 is 0 Å². The van der Waals surface area contributed by atoms with Crippen LogP contribution in [0.1, 0.15) is 77.6 Å². The second-order valence-corrected chi connectivity index (χ2v) is 6.22. The zero-order chi connectivity index (χ0) is 16.6. The van der Waals surface area contributed by atoms with Crippen LogP contribution < -0.4 is 5.73 Å². The van der Waals surface area contributed by atoms with E-state index in [1.807, 2.05) is 0 Å². The van der Waals surface area contributed by atoms with Crippen LogP contribution in [0.2, 0.25) is 0 Å². The minimum atomic E-state index is -1.03. The number of aliphatic hydroxyl groups excluding tert-OH is 3. The number of allylic oxidation sites excluding steroid dienone is 2. The van der Waals surface area contributed by atoms with Crippen molar-refractivity contribution in [2.45, 2.75) is 95.8 Å². The van der Waals surface area contributed by atoms with Gasteiger partial charge in [-0.1, -0.05) is 57.6 Å². The molecule has 0 radical (unpaired) electrons. The molecule has 0 aromatic heterocycles. The highest BCUT2D eigenvalue weighted by molar-refractivity contribution is 4.82. The lowest BCUT2D eigenvalue weighted by molar-refractivity contribution is -0.0120. The van der Waals surface area contributed by atoms with Crippen molar-refractivity contribution >= 4 is 0 Å². The fourth-order valence-electron chi connectivity index (χ4n) is 2.46. The lowest BCUT2D eigenvalue weighted by Gasteiger charge is -2.22. The summed E-state index contributed by atoms with van der Waals surface area (Å²) >= 11 is 0. The molecule has 4 heteroatoms. The first kappa shape index (κ1) is 21.6. The van der Waals surface area contributed by atoms with Crippen LogP contribution in [0.4, 0.5) is 0 Å². The molecule has 0 unspecified atom stereocenters. The Morgan fingerprint density at radius 2 is 1.41 bits per heavy atom. The summed E-state index contributed by atoms with van der Waals surface area (Å²) in [5.74, 6) is 0. The van der Waals surface area contributed by atoms with Crippen molar-refractivity contribution in [1.29, 1.82) is 0 Å². The molecule has 0 heterocycles. The zero-order valence-corrected chi connectivity index (χ0v) is 14.3. The molecule has 0 amide bonds. The Balaban J connectivity index is 3.40. The second kappa shape index (κ2) is 15.5. The fraction of sp³-hybridized carbons (Fsp3) is 0.889. The van der Waals surface area contributed by atoms with Crippen molar-refractivity contribution in [3.05, 3.63) is 12.2 Å². The number of nitrogens with two attached hydrogens (primary N) is 1. The van der Waals surface area contributed by atoms with E-state index in [0.717, 1.165) is 19.3 Å². The first-order chi connectivity index (χ1) is 10.6. The summed E-state index contributed by atoms with van der Waals surface area (Å²) in [7, 11) is 0. The van der Waals surface area contributed by atoms with Gasteiger partial charge in [-0.05, 0) is 32.1 Å². The quantitative estimate of drug-likeness (QED) is 0.276. The van der Waals surface area contributed by atoms with Gasteiger partial charge in [0.25, 0.3) is 0 Å². The molecular formula is C18H37NO3. The summed E-state index contributed by atoms with van der Waals surface area (Å²) < 4.78 is 0. The molecule has 0 saturated heterocycles. The number of aliphatic hydroxyl groups is 3. The van der Waals surface area contributed by atoms with Gasteiger partial charge in [0.05, 0.1) is 24.9 Å². The molecular weight excluding hydrogens is 278 g/mol. The van der Waals surface area contributed by atoms with Gasteiger partial charge in [0, 0.05) is 0 Å². The molecule has 4 nitrogen and oxygen atoms in total. The Morgan fingerprint density at radius 3 is 2.00 bits per heavy atom. The molecule has 0 saturated carbocycles. The van der Waals surface area contributed by atoms with Crippen molar-refractivity contribution in [2.24, 2.45) is 5.73 Å². The molecule has 0 rings (SSSR count). The summed E-state index contributed by atoms with van der Waals surface area (Å²) in [6.45, 7) is 1.93. The highest BCUT2D eigenvalue weighted by Crippen LogP contribution is 2.10. The molecule has 132 valence electrons. The molecule has 0 aliphatic carbocycles. The van der Waals surface area contributed by atoms with Crippen LogP contribution in [0.3, 0.4) is 0 Å². The van der Waals surface area contributed by atoms with Crippen LogP contribution in [0.5, 0.6) is 0 Å². The molecule has 0 spiro atoms. The molecule has 0 aromatic rings. The molecule has 5 N–H and O–H groups in total. The first-order valence-corrected chi connectivity index (χ1v) is 9.01. The maximum absolute atomic E-state index is 9.72. The van der Waals surface area contributed by atoms with Gasteiger partial charge in [0.1, 0.15) is 0 Å². The SMILES string of the molecule is CCCCCCCC/C=C/CCCC[C@@H](O)[C@@H](O)[C@@H](N)CO. The fourth-order valence-corrected chi connectivity index (χ4v) is 2.46. The van der Waals surface area contributed by atoms with Crippen LogP contribution in [0.25, 0.3) is 0 Å². The van der Waals surface area contributed by atoms with Gasteiger partial charge in [-0.15, -0.1) is 0 Å². The molecule has 0 fully saturated rings. The van der Waals surface area contributed by atoms with E-state index in [9.17, 15) is 10.2 Å². The highest BCUT2D eigenvalue weighted by atomic mass is 16.3. The third kappa shape index (κ3) is 12.2. The van der Waals surface area contributed by atoms with E-state index in [1.165, 1.54) is 44.9 Å². The number of hydrogen-bond donors (Lipinski definition) is 4. The maximum atomic E-state index is 9.72. The van der Waals surface area contributed by atoms with E-state index < -0.39 is 18.2 Å². The van der Waals surface area contributed by atoms with Crippen molar-refractivity contribution in [3.8, 4) is 0 Å². The van der Waals surface area contributed by atoms with Crippen molar-refractivity contribution in [2.75, 3.05) is 6.61 Å². The summed E-state index contributed by atoms with van der Waals surface area (Å²) in [5.41, 5.74) is 5.48. The molecule has 0 bridgehead atoms. The van der Waals surface area contributed by atoms with E-state index in [-0.39, 0.29) is 6.61 Å². The maximum Gasteiger partial charge on any atom is 0.0971 e. The van der Waals surface area contributed by atoms with Crippen molar-refractivity contribution in [1.82, 2.24) is 0 Å². The van der Waals surface area contributed by atoms with Crippen LogP contribution in [-0.2, 0) is 0 Å². The third-order valence-electron chi connectivity index (χ3n) is 4.06. The third-order valence-corrected chi connectivity index (χ3v) is 4.06. The normalized spacial score (nSPS) is 16.0. The smallest absolute Gasteiger partial charge is 0.0971 e. The number of rotatable bonds is 15. The predicted octanol–water partition coefficient (Wildman–Crippen LogP) is 2.90. The lowest BCUT2D eigenvalue weighted by atomic mass is 10.0. The highest BCUT2D eigenvalue weighted by Gasteiger charge is 2.21. The van der Waals surface area contributed by atoms with E-state index in [2.05, 4.69) is 19.1 Å². The monoisotopic (exact) mass is 315 g/mol. The molecule has 3 atom stereocenters. The Labute approximate surface area is 136 Å². The van der Waals surface area contributed by atoms with Crippen molar-refractivity contribution < 1.29 is 15.3 Å². The minimum absolute atomic E-state index is 0.306. The average Bonchev–Trinajstić information content (AvgIpc) is 2.54. The molecule has 0 aliphatic rings. The molecule has 0 aromatic carbocycles. The first-order valence-electron chi connectivity index (χ1n) is 9.01. The van der Waals surface area contributed by atoms with Gasteiger partial charge in [-0.2, -0.15) is 0 Å². The standard InChI is InChI=1S/C18H37NO3/c1-2-3-4-5-6-7-8-9-10-11-12-13-14-17(21)18(22)16(19)15-20/h9-10,16-18,20-22H,2-8,11-15,19H2,1H3/b10-9+/t16-,17+,18-/m0/s1. The van der Waals surface area contributed by atoms with Gasteiger partial charge >= 0.3 is 0 Å². The molecule has 22 heavy (non-hydrogen) atoms. The Morgan fingerprint density at radius 1 is 0.864 bits per heavy atom. The second-order valence-electron chi connectivity index (χ2n) is 6.22. The number of hydrogen-bond acceptors (Lipinski definition) is 4. The van der Waals surface area contributed by atoms with E-state index >= 15 is 0 Å². The minimum Gasteiger partial charge on any atom is -0.395 e. The average molecular weight is 315 g/mol. The lowest BCUT2D eigenvalue weighted by Crippen LogP contribution is -2.45. The van der Waals surface area contributed by atoms with Gasteiger partial charge in [-0.25, -0.2) is 0 Å². The van der Waals surface area contributed by atoms with Gasteiger partial charge in [-0.3, -0.25) is 0 Å². The Hall–Kier alpha value is -0.420. The summed E-state index contributed by atoms with van der Waals surface area (Å²) in [6.07, 6.45) is 15.2.